The molecule has 0 aromatic heterocycles. The van der Waals surface area contributed by atoms with Crippen molar-refractivity contribution < 1.29 is 18.7 Å². The monoisotopic (exact) mass is 327 g/mol. The number of benzene rings is 1. The lowest BCUT2D eigenvalue weighted by molar-refractivity contribution is 0.0924. The van der Waals surface area contributed by atoms with Gasteiger partial charge in [0.15, 0.2) is 0 Å². The van der Waals surface area contributed by atoms with Crippen LogP contribution in [0.1, 0.15) is 19.8 Å². The Hall–Kier alpha value is -1.73. The minimum absolute atomic E-state index is 0.0504. The van der Waals surface area contributed by atoms with Crippen LogP contribution in [0.5, 0.6) is 0 Å². The molecule has 1 fully saturated rings. The molecule has 5 nitrogen and oxygen atoms in total. The van der Waals surface area contributed by atoms with E-state index >= 15 is 0 Å². The number of rotatable bonds is 5. The van der Waals surface area contributed by atoms with Gasteiger partial charge in [-0.05, 0) is 44.0 Å². The van der Waals surface area contributed by atoms with Crippen LogP contribution in [0, 0.1) is 17.6 Å². The number of nitrogens with one attached hydrogen (secondary N) is 2. The summed E-state index contributed by atoms with van der Waals surface area (Å²) in [5.41, 5.74) is -0.234. The molecule has 1 saturated heterocycles. The summed E-state index contributed by atoms with van der Waals surface area (Å²) >= 11 is 0. The standard InChI is InChI=1S/C16H23F2N3O2/c1-11-4-6-21(7-5-11)10-13(22)9-19-16(23)20-15-8-12(17)2-3-14(15)18/h2-3,8,11,13,22H,4-7,9-10H2,1H3,(H2,19,20,23). The van der Waals surface area contributed by atoms with Gasteiger partial charge in [-0.3, -0.25) is 0 Å². The van der Waals surface area contributed by atoms with Crippen LogP contribution < -0.4 is 10.6 Å². The van der Waals surface area contributed by atoms with Crippen molar-refractivity contribution in [2.45, 2.75) is 25.9 Å². The van der Waals surface area contributed by atoms with Gasteiger partial charge in [0.1, 0.15) is 11.6 Å². The number of carbonyl (C=O) groups excluding carboxylic acids is 1. The van der Waals surface area contributed by atoms with E-state index in [1.165, 1.54) is 0 Å². The Morgan fingerprint density at radius 3 is 2.78 bits per heavy atom. The summed E-state index contributed by atoms with van der Waals surface area (Å²) in [5.74, 6) is -0.640. The fourth-order valence-corrected chi connectivity index (χ4v) is 2.58. The maximum Gasteiger partial charge on any atom is 0.319 e. The van der Waals surface area contributed by atoms with Crippen molar-refractivity contribution >= 4 is 11.7 Å². The first-order valence-electron chi connectivity index (χ1n) is 7.84. The third kappa shape index (κ3) is 5.76. The van der Waals surface area contributed by atoms with E-state index in [0.29, 0.717) is 12.5 Å². The lowest BCUT2D eigenvalue weighted by Gasteiger charge is -2.31. The first-order chi connectivity index (χ1) is 10.9. The van der Waals surface area contributed by atoms with Crippen LogP contribution >= 0.6 is 0 Å². The first-order valence-corrected chi connectivity index (χ1v) is 7.84. The highest BCUT2D eigenvalue weighted by Gasteiger charge is 2.18. The Kier molecular flexibility index (Phi) is 6.29. The van der Waals surface area contributed by atoms with E-state index in [2.05, 4.69) is 22.5 Å². The fourth-order valence-electron chi connectivity index (χ4n) is 2.58. The van der Waals surface area contributed by atoms with E-state index in [9.17, 15) is 18.7 Å². The number of urea groups is 1. The van der Waals surface area contributed by atoms with Crippen LogP contribution in [0.3, 0.4) is 0 Å². The molecule has 23 heavy (non-hydrogen) atoms. The Balaban J connectivity index is 1.72. The van der Waals surface area contributed by atoms with E-state index in [1.54, 1.807) is 0 Å². The predicted octanol–water partition coefficient (Wildman–Crippen LogP) is 2.18. The number of anilines is 1. The minimum atomic E-state index is -0.718. The van der Waals surface area contributed by atoms with Gasteiger partial charge in [-0.25, -0.2) is 13.6 Å². The van der Waals surface area contributed by atoms with Gasteiger partial charge in [0.05, 0.1) is 11.8 Å². The van der Waals surface area contributed by atoms with Gasteiger partial charge in [0, 0.05) is 19.2 Å². The molecule has 1 heterocycles. The smallest absolute Gasteiger partial charge is 0.319 e. The predicted molar refractivity (Wildman–Crippen MR) is 84.2 cm³/mol. The number of amides is 2. The molecule has 0 spiro atoms. The molecule has 0 saturated carbocycles. The number of likely N-dealkylation sites (tertiary alicyclic amines) is 1. The first kappa shape index (κ1) is 17.6. The largest absolute Gasteiger partial charge is 0.390 e. The third-order valence-electron chi connectivity index (χ3n) is 4.02. The summed E-state index contributed by atoms with van der Waals surface area (Å²) in [4.78, 5) is 13.8. The second kappa shape index (κ2) is 8.21. The second-order valence-corrected chi connectivity index (χ2v) is 6.10. The van der Waals surface area contributed by atoms with Crippen LogP contribution in [-0.2, 0) is 0 Å². The van der Waals surface area contributed by atoms with Crippen LogP contribution in [0.4, 0.5) is 19.3 Å². The van der Waals surface area contributed by atoms with Gasteiger partial charge in [-0.1, -0.05) is 6.92 Å². The highest BCUT2D eigenvalue weighted by molar-refractivity contribution is 5.89. The molecule has 0 aliphatic carbocycles. The molecule has 2 amide bonds. The number of aliphatic hydroxyl groups excluding tert-OH is 1. The van der Waals surface area contributed by atoms with E-state index in [0.717, 1.165) is 44.1 Å². The molecule has 1 aromatic rings. The molecule has 1 aliphatic heterocycles. The zero-order valence-electron chi connectivity index (χ0n) is 13.2. The van der Waals surface area contributed by atoms with Crippen molar-refractivity contribution in [3.8, 4) is 0 Å². The summed E-state index contributed by atoms with van der Waals surface area (Å²) < 4.78 is 26.4. The molecule has 1 atom stereocenters. The molecule has 0 radical (unpaired) electrons. The Labute approximate surface area is 134 Å². The summed E-state index contributed by atoms with van der Waals surface area (Å²) in [6.07, 6.45) is 1.52. The normalized spacial score (nSPS) is 17.7. The lowest BCUT2D eigenvalue weighted by atomic mass is 9.99. The highest BCUT2D eigenvalue weighted by Crippen LogP contribution is 2.16. The second-order valence-electron chi connectivity index (χ2n) is 6.10. The van der Waals surface area contributed by atoms with Crippen molar-refractivity contribution in [3.63, 3.8) is 0 Å². The number of carbonyl (C=O) groups is 1. The van der Waals surface area contributed by atoms with Crippen molar-refractivity contribution in [2.75, 3.05) is 31.5 Å². The number of aliphatic hydroxyl groups is 1. The van der Waals surface area contributed by atoms with Gasteiger partial charge in [0.2, 0.25) is 0 Å². The maximum absolute atomic E-state index is 13.4. The highest BCUT2D eigenvalue weighted by atomic mass is 19.1. The van der Waals surface area contributed by atoms with Crippen LogP contribution in [-0.4, -0.2) is 48.3 Å². The average molecular weight is 327 g/mol. The maximum atomic E-state index is 13.4. The van der Waals surface area contributed by atoms with Crippen LogP contribution in [0.25, 0.3) is 0 Å². The lowest BCUT2D eigenvalue weighted by Crippen LogP contribution is -2.43. The van der Waals surface area contributed by atoms with E-state index in [1.807, 2.05) is 0 Å². The van der Waals surface area contributed by atoms with E-state index < -0.39 is 23.8 Å². The zero-order chi connectivity index (χ0) is 16.8. The van der Waals surface area contributed by atoms with Crippen molar-refractivity contribution in [1.29, 1.82) is 0 Å². The summed E-state index contributed by atoms with van der Waals surface area (Å²) in [6.45, 7) is 4.64. The summed E-state index contributed by atoms with van der Waals surface area (Å²) in [7, 11) is 0. The number of piperidine rings is 1. The van der Waals surface area contributed by atoms with Crippen LogP contribution in [0.15, 0.2) is 18.2 Å². The van der Waals surface area contributed by atoms with Crippen molar-refractivity contribution in [2.24, 2.45) is 5.92 Å². The molecule has 1 unspecified atom stereocenters. The molecule has 7 heteroatoms. The van der Waals surface area contributed by atoms with E-state index in [4.69, 9.17) is 0 Å². The minimum Gasteiger partial charge on any atom is -0.390 e. The Morgan fingerprint density at radius 2 is 2.09 bits per heavy atom. The fraction of sp³-hybridized carbons (Fsp3) is 0.562. The summed E-state index contributed by atoms with van der Waals surface area (Å²) in [5, 5.41) is 14.6. The summed E-state index contributed by atoms with van der Waals surface area (Å²) in [6, 6.07) is 2.14. The molecular weight excluding hydrogens is 304 g/mol. The molecule has 3 N–H and O–H groups in total. The van der Waals surface area contributed by atoms with Crippen LogP contribution in [0.2, 0.25) is 0 Å². The molecule has 128 valence electrons. The average Bonchev–Trinajstić information content (AvgIpc) is 2.51. The van der Waals surface area contributed by atoms with Gasteiger partial charge in [-0.2, -0.15) is 0 Å². The van der Waals surface area contributed by atoms with Gasteiger partial charge in [-0.15, -0.1) is 0 Å². The quantitative estimate of drug-likeness (QED) is 0.777. The number of hydrogen-bond donors (Lipinski definition) is 3. The SMILES string of the molecule is CC1CCN(CC(O)CNC(=O)Nc2cc(F)ccc2F)CC1. The number of hydrogen-bond acceptors (Lipinski definition) is 3. The molecule has 0 bridgehead atoms. The van der Waals surface area contributed by atoms with Crippen molar-refractivity contribution in [3.05, 3.63) is 29.8 Å². The van der Waals surface area contributed by atoms with Gasteiger partial charge >= 0.3 is 6.03 Å². The molecule has 2 rings (SSSR count). The third-order valence-corrected chi connectivity index (χ3v) is 4.02. The van der Waals surface area contributed by atoms with Crippen molar-refractivity contribution in [1.82, 2.24) is 10.2 Å². The number of nitrogens with zero attached hydrogens (tertiary/aromatic N) is 1. The van der Waals surface area contributed by atoms with Gasteiger partial charge < -0.3 is 20.6 Å². The van der Waals surface area contributed by atoms with E-state index in [-0.39, 0.29) is 12.2 Å². The zero-order valence-corrected chi connectivity index (χ0v) is 13.2. The molecular formula is C16H23F2N3O2. The molecule has 1 aliphatic rings. The van der Waals surface area contributed by atoms with Gasteiger partial charge in [0.25, 0.3) is 0 Å². The Bertz CT molecular complexity index is 534. The number of halogens is 2. The topological polar surface area (TPSA) is 64.6 Å². The molecule has 1 aromatic carbocycles. The number of β-amino-alcohol motifs (C(OH)–C–C–N with tert-alkyl or cyclic N) is 1. The Morgan fingerprint density at radius 1 is 1.39 bits per heavy atom.